The molecule has 0 heterocycles. The van der Waals surface area contributed by atoms with Crippen LogP contribution < -0.4 is 5.73 Å². The summed E-state index contributed by atoms with van der Waals surface area (Å²) < 4.78 is 0. The molecule has 0 aromatic carbocycles. The van der Waals surface area contributed by atoms with Gasteiger partial charge >= 0.3 is 0 Å². The fourth-order valence-corrected chi connectivity index (χ4v) is 1.87. The smallest absolute Gasteiger partial charge is 0.224 e. The summed E-state index contributed by atoms with van der Waals surface area (Å²) in [6.45, 7) is 7.96. The molecule has 3 nitrogen and oxygen atoms in total. The molecule has 1 amide bonds. The zero-order chi connectivity index (χ0) is 11.4. The molecular weight excluding hydrogens is 188 g/mol. The molecule has 1 saturated carbocycles. The molecule has 0 spiro atoms. The van der Waals surface area contributed by atoms with Gasteiger partial charge in [-0.15, -0.1) is 0 Å². The Kier molecular flexibility index (Phi) is 4.58. The zero-order valence-corrected chi connectivity index (χ0v) is 10.2. The number of hydrogen-bond donors (Lipinski definition) is 1. The molecule has 1 atom stereocenters. The Morgan fingerprint density at radius 1 is 1.47 bits per heavy atom. The first-order valence-corrected chi connectivity index (χ1v) is 6.08. The molecule has 0 saturated heterocycles. The number of rotatable bonds is 6. The quantitative estimate of drug-likeness (QED) is 0.727. The van der Waals surface area contributed by atoms with Crippen molar-refractivity contribution < 1.29 is 4.79 Å². The van der Waals surface area contributed by atoms with Crippen molar-refractivity contribution in [3.8, 4) is 0 Å². The maximum atomic E-state index is 11.9. The largest absolute Gasteiger partial charge is 0.343 e. The Labute approximate surface area is 93.0 Å². The van der Waals surface area contributed by atoms with Crippen molar-refractivity contribution in [2.45, 2.75) is 46.1 Å². The Balaban J connectivity index is 2.34. The van der Waals surface area contributed by atoms with E-state index in [1.54, 1.807) is 0 Å². The van der Waals surface area contributed by atoms with Crippen LogP contribution in [0.2, 0.25) is 0 Å². The number of nitrogens with zero attached hydrogens (tertiary/aromatic N) is 1. The van der Waals surface area contributed by atoms with E-state index in [2.05, 4.69) is 13.8 Å². The van der Waals surface area contributed by atoms with Crippen molar-refractivity contribution >= 4 is 5.91 Å². The van der Waals surface area contributed by atoms with Crippen LogP contribution in [-0.2, 0) is 4.79 Å². The van der Waals surface area contributed by atoms with Crippen LogP contribution in [0.5, 0.6) is 0 Å². The van der Waals surface area contributed by atoms with E-state index >= 15 is 0 Å². The average molecular weight is 212 g/mol. The lowest BCUT2D eigenvalue weighted by Crippen LogP contribution is -2.38. The number of carbonyl (C=O) groups excluding carboxylic acids is 1. The monoisotopic (exact) mass is 212 g/mol. The van der Waals surface area contributed by atoms with Gasteiger partial charge in [0.2, 0.25) is 5.91 Å². The van der Waals surface area contributed by atoms with Crippen molar-refractivity contribution in [3.63, 3.8) is 0 Å². The maximum absolute atomic E-state index is 11.9. The lowest BCUT2D eigenvalue weighted by Gasteiger charge is -2.24. The summed E-state index contributed by atoms with van der Waals surface area (Å²) in [5, 5.41) is 0. The number of amides is 1. The van der Waals surface area contributed by atoms with E-state index in [1.807, 2.05) is 11.8 Å². The molecule has 1 aliphatic carbocycles. The van der Waals surface area contributed by atoms with Crippen molar-refractivity contribution in [1.82, 2.24) is 4.90 Å². The predicted octanol–water partition coefficient (Wildman–Crippen LogP) is 1.62. The molecule has 15 heavy (non-hydrogen) atoms. The predicted molar refractivity (Wildman–Crippen MR) is 62.4 cm³/mol. The third kappa shape index (κ3) is 4.20. The fourth-order valence-electron chi connectivity index (χ4n) is 1.87. The van der Waals surface area contributed by atoms with Gasteiger partial charge in [0, 0.05) is 25.6 Å². The van der Waals surface area contributed by atoms with E-state index in [0.29, 0.717) is 18.3 Å². The minimum Gasteiger partial charge on any atom is -0.343 e. The maximum Gasteiger partial charge on any atom is 0.224 e. The summed E-state index contributed by atoms with van der Waals surface area (Å²) in [6, 6.07) is 0.0960. The number of hydrogen-bond acceptors (Lipinski definition) is 2. The molecule has 3 heteroatoms. The second-order valence-corrected chi connectivity index (χ2v) is 5.03. The first-order chi connectivity index (χ1) is 7.04. The number of nitrogens with two attached hydrogens (primary N) is 1. The summed E-state index contributed by atoms with van der Waals surface area (Å²) >= 11 is 0. The highest BCUT2D eigenvalue weighted by Crippen LogP contribution is 2.32. The fraction of sp³-hybridized carbons (Fsp3) is 0.917. The number of carbonyl (C=O) groups is 1. The molecule has 88 valence electrons. The molecule has 1 unspecified atom stereocenters. The van der Waals surface area contributed by atoms with E-state index in [1.165, 1.54) is 12.8 Å². The second-order valence-electron chi connectivity index (χ2n) is 5.03. The van der Waals surface area contributed by atoms with Gasteiger partial charge in [0.15, 0.2) is 0 Å². The van der Waals surface area contributed by atoms with Crippen LogP contribution in [0, 0.1) is 11.8 Å². The minimum atomic E-state index is 0.0960. The second kappa shape index (κ2) is 5.50. The van der Waals surface area contributed by atoms with E-state index in [9.17, 15) is 4.79 Å². The Morgan fingerprint density at radius 3 is 2.47 bits per heavy atom. The molecule has 0 radical (unpaired) electrons. The first-order valence-electron chi connectivity index (χ1n) is 6.08. The van der Waals surface area contributed by atoms with Crippen LogP contribution in [0.25, 0.3) is 0 Å². The van der Waals surface area contributed by atoms with Gasteiger partial charge in [-0.2, -0.15) is 0 Å². The molecule has 1 rings (SSSR count). The SMILES string of the molecule is CCN(CC(C)C)C(=O)CC(N)C1CC1. The molecule has 0 bridgehead atoms. The average Bonchev–Trinajstić information content (AvgIpc) is 2.96. The molecule has 2 N–H and O–H groups in total. The van der Waals surface area contributed by atoms with Gasteiger partial charge in [0.25, 0.3) is 0 Å². The normalized spacial score (nSPS) is 17.9. The van der Waals surface area contributed by atoms with E-state index in [0.717, 1.165) is 13.1 Å². The van der Waals surface area contributed by atoms with Crippen LogP contribution in [0.15, 0.2) is 0 Å². The van der Waals surface area contributed by atoms with Gasteiger partial charge in [-0.3, -0.25) is 4.79 Å². The highest BCUT2D eigenvalue weighted by molar-refractivity contribution is 5.76. The molecule has 0 aromatic heterocycles. The van der Waals surface area contributed by atoms with Crippen LogP contribution in [0.3, 0.4) is 0 Å². The molecule has 1 fully saturated rings. The third-order valence-corrected chi connectivity index (χ3v) is 2.96. The van der Waals surface area contributed by atoms with Crippen molar-refractivity contribution in [2.24, 2.45) is 17.6 Å². The lowest BCUT2D eigenvalue weighted by molar-refractivity contribution is -0.132. The molecule has 0 aromatic rings. The van der Waals surface area contributed by atoms with Crippen LogP contribution in [0.4, 0.5) is 0 Å². The van der Waals surface area contributed by atoms with Gasteiger partial charge in [-0.1, -0.05) is 13.8 Å². The molecule has 1 aliphatic rings. The Morgan fingerprint density at radius 2 is 2.07 bits per heavy atom. The van der Waals surface area contributed by atoms with Crippen LogP contribution >= 0.6 is 0 Å². The van der Waals surface area contributed by atoms with Gasteiger partial charge in [-0.25, -0.2) is 0 Å². The van der Waals surface area contributed by atoms with E-state index in [4.69, 9.17) is 5.73 Å². The Bertz CT molecular complexity index is 212. The highest BCUT2D eigenvalue weighted by Gasteiger charge is 2.30. The third-order valence-electron chi connectivity index (χ3n) is 2.96. The Hall–Kier alpha value is -0.570. The van der Waals surface area contributed by atoms with Crippen molar-refractivity contribution in [2.75, 3.05) is 13.1 Å². The van der Waals surface area contributed by atoms with Gasteiger partial charge in [0.1, 0.15) is 0 Å². The van der Waals surface area contributed by atoms with Crippen molar-refractivity contribution in [3.05, 3.63) is 0 Å². The standard InChI is InChI=1S/C12H24N2O/c1-4-14(8-9(2)3)12(15)7-11(13)10-5-6-10/h9-11H,4-8,13H2,1-3H3. The van der Waals surface area contributed by atoms with Gasteiger partial charge in [-0.05, 0) is 31.6 Å². The van der Waals surface area contributed by atoms with Crippen LogP contribution in [-0.4, -0.2) is 29.9 Å². The summed E-state index contributed by atoms with van der Waals surface area (Å²) in [7, 11) is 0. The first kappa shape index (κ1) is 12.5. The summed E-state index contributed by atoms with van der Waals surface area (Å²) in [5.41, 5.74) is 5.96. The molecule has 0 aliphatic heterocycles. The summed E-state index contributed by atoms with van der Waals surface area (Å²) in [5.74, 6) is 1.38. The summed E-state index contributed by atoms with van der Waals surface area (Å²) in [4.78, 5) is 13.8. The van der Waals surface area contributed by atoms with Gasteiger partial charge in [0.05, 0.1) is 0 Å². The van der Waals surface area contributed by atoms with E-state index in [-0.39, 0.29) is 11.9 Å². The van der Waals surface area contributed by atoms with Crippen molar-refractivity contribution in [1.29, 1.82) is 0 Å². The minimum absolute atomic E-state index is 0.0960. The summed E-state index contributed by atoms with van der Waals surface area (Å²) in [6.07, 6.45) is 2.96. The molecular formula is C12H24N2O. The van der Waals surface area contributed by atoms with E-state index < -0.39 is 0 Å². The van der Waals surface area contributed by atoms with Gasteiger partial charge < -0.3 is 10.6 Å². The highest BCUT2D eigenvalue weighted by atomic mass is 16.2. The lowest BCUT2D eigenvalue weighted by atomic mass is 10.1. The van der Waals surface area contributed by atoms with Crippen LogP contribution in [0.1, 0.15) is 40.0 Å². The topological polar surface area (TPSA) is 46.3 Å². The zero-order valence-electron chi connectivity index (χ0n) is 10.2.